The normalized spacial score (nSPS) is 10.5. The number of H-pyrrole nitrogens is 1. The van der Waals surface area contributed by atoms with Crippen LogP contribution in [0.1, 0.15) is 17.7 Å². The lowest BCUT2D eigenvalue weighted by Crippen LogP contribution is -2.20. The van der Waals surface area contributed by atoms with Crippen molar-refractivity contribution in [3.8, 4) is 0 Å². The first-order valence-corrected chi connectivity index (χ1v) is 10.3. The van der Waals surface area contributed by atoms with E-state index < -0.39 is 0 Å². The van der Waals surface area contributed by atoms with E-state index in [-0.39, 0.29) is 23.1 Å². The average molecular weight is 407 g/mol. The minimum atomic E-state index is -0.229. The maximum absolute atomic E-state index is 12.4. The third-order valence-electron chi connectivity index (χ3n) is 3.72. The number of aryl methyl sites for hydroxylation is 1. The molecule has 0 spiro atoms. The molecule has 2 N–H and O–H groups in total. The first kappa shape index (κ1) is 21.0. The van der Waals surface area contributed by atoms with Gasteiger partial charge in [0.1, 0.15) is 0 Å². The molecule has 0 aliphatic rings. The van der Waals surface area contributed by atoms with Gasteiger partial charge in [0, 0.05) is 36.7 Å². The van der Waals surface area contributed by atoms with Crippen molar-refractivity contribution >= 4 is 40.4 Å². The smallest absolute Gasteiger partial charge is 0.286 e. The predicted octanol–water partition coefficient (Wildman–Crippen LogP) is 3.15. The van der Waals surface area contributed by atoms with Crippen molar-refractivity contribution in [2.45, 2.75) is 29.8 Å². The number of amides is 2. The fraction of sp³-hybridized carbons (Fsp3) is 0.333. The molecule has 2 aromatic rings. The summed E-state index contributed by atoms with van der Waals surface area (Å²) < 4.78 is 0. The second kappa shape index (κ2) is 9.61. The number of benzene rings is 1. The summed E-state index contributed by atoms with van der Waals surface area (Å²) in [5, 5.41) is 3.25. The fourth-order valence-corrected chi connectivity index (χ4v) is 3.44. The minimum Gasteiger partial charge on any atom is -0.339 e. The van der Waals surface area contributed by atoms with Gasteiger partial charge in [-0.15, -0.1) is 0 Å². The van der Waals surface area contributed by atoms with E-state index >= 15 is 0 Å². The van der Waals surface area contributed by atoms with Crippen molar-refractivity contribution in [3.63, 3.8) is 0 Å². The molecule has 0 aliphatic carbocycles. The molecule has 0 radical (unpaired) electrons. The molecule has 0 aliphatic heterocycles. The second-order valence-electron chi connectivity index (χ2n) is 5.95. The monoisotopic (exact) mass is 406 g/mol. The maximum atomic E-state index is 12.4. The van der Waals surface area contributed by atoms with Crippen molar-refractivity contribution in [3.05, 3.63) is 45.9 Å². The van der Waals surface area contributed by atoms with Gasteiger partial charge in [-0.1, -0.05) is 23.9 Å². The first-order valence-electron chi connectivity index (χ1n) is 8.23. The lowest BCUT2D eigenvalue weighted by atomic mass is 10.1. The van der Waals surface area contributed by atoms with Crippen LogP contribution in [0.15, 0.2) is 39.1 Å². The highest BCUT2D eigenvalue weighted by molar-refractivity contribution is 8.13. The Balaban J connectivity index is 2.05. The van der Waals surface area contributed by atoms with Crippen molar-refractivity contribution < 1.29 is 9.59 Å². The molecule has 0 fully saturated rings. The van der Waals surface area contributed by atoms with Crippen LogP contribution in [-0.2, 0) is 11.2 Å². The molecule has 1 aromatic heterocycles. The van der Waals surface area contributed by atoms with Crippen LogP contribution in [0.2, 0.25) is 0 Å². The van der Waals surface area contributed by atoms with E-state index in [9.17, 15) is 14.4 Å². The van der Waals surface area contributed by atoms with Gasteiger partial charge in [-0.2, -0.15) is 0 Å². The molecule has 27 heavy (non-hydrogen) atoms. The molecule has 0 atom stereocenters. The summed E-state index contributed by atoms with van der Waals surface area (Å²) in [4.78, 5) is 45.6. The average Bonchev–Trinajstić information content (AvgIpc) is 2.62. The highest BCUT2D eigenvalue weighted by atomic mass is 32.2. The van der Waals surface area contributed by atoms with Gasteiger partial charge in [-0.3, -0.25) is 14.4 Å². The van der Waals surface area contributed by atoms with Crippen LogP contribution in [0.3, 0.4) is 0 Å². The molecule has 7 nitrogen and oxygen atoms in total. The van der Waals surface area contributed by atoms with E-state index in [4.69, 9.17) is 0 Å². The van der Waals surface area contributed by atoms with Gasteiger partial charge in [0.15, 0.2) is 5.16 Å². The van der Waals surface area contributed by atoms with Crippen molar-refractivity contribution in [2.75, 3.05) is 25.7 Å². The number of hydrogen-bond acceptors (Lipinski definition) is 6. The molecule has 0 saturated carbocycles. The highest BCUT2D eigenvalue weighted by Crippen LogP contribution is 2.28. The summed E-state index contributed by atoms with van der Waals surface area (Å²) in [5.41, 5.74) is 1.49. The molecular weight excluding hydrogens is 384 g/mol. The molecule has 144 valence electrons. The van der Waals surface area contributed by atoms with Crippen LogP contribution >= 0.6 is 23.5 Å². The Morgan fingerprint density at radius 1 is 1.26 bits per heavy atom. The van der Waals surface area contributed by atoms with E-state index in [1.54, 1.807) is 39.2 Å². The molecule has 0 unspecified atom stereocenters. The van der Waals surface area contributed by atoms with Crippen molar-refractivity contribution in [2.24, 2.45) is 0 Å². The minimum absolute atomic E-state index is 0.126. The molecule has 9 heteroatoms. The SMILES string of the molecule is CSc1nc(C)c(CCC(=O)Nc2ccccc2SC(=O)N(C)C)c(=O)[nH]1. The number of carbonyl (C=O) groups excluding carboxylic acids is 2. The van der Waals surface area contributed by atoms with Crippen LogP contribution in [0.4, 0.5) is 10.5 Å². The molecule has 0 saturated heterocycles. The first-order chi connectivity index (χ1) is 12.8. The van der Waals surface area contributed by atoms with Crippen LogP contribution < -0.4 is 10.9 Å². The van der Waals surface area contributed by atoms with Gasteiger partial charge < -0.3 is 15.2 Å². The number of nitrogens with one attached hydrogen (secondary N) is 2. The van der Waals surface area contributed by atoms with E-state index in [0.717, 1.165) is 11.8 Å². The molecule has 2 amide bonds. The zero-order valence-corrected chi connectivity index (χ0v) is 17.3. The van der Waals surface area contributed by atoms with E-state index in [1.807, 2.05) is 12.3 Å². The summed E-state index contributed by atoms with van der Waals surface area (Å²) in [7, 11) is 3.35. The van der Waals surface area contributed by atoms with E-state index in [0.29, 0.717) is 33.4 Å². The number of carbonyl (C=O) groups is 2. The van der Waals surface area contributed by atoms with Crippen molar-refractivity contribution in [1.82, 2.24) is 14.9 Å². The predicted molar refractivity (Wildman–Crippen MR) is 110 cm³/mol. The summed E-state index contributed by atoms with van der Waals surface area (Å²) in [6.45, 7) is 1.76. The topological polar surface area (TPSA) is 95.2 Å². The Kier molecular flexibility index (Phi) is 7.49. The number of hydrogen-bond donors (Lipinski definition) is 2. The Morgan fingerprint density at radius 3 is 2.59 bits per heavy atom. The molecule has 1 aromatic carbocycles. The zero-order chi connectivity index (χ0) is 20.0. The lowest BCUT2D eigenvalue weighted by molar-refractivity contribution is -0.116. The highest BCUT2D eigenvalue weighted by Gasteiger charge is 2.14. The van der Waals surface area contributed by atoms with Gasteiger partial charge in [0.25, 0.3) is 10.8 Å². The van der Waals surface area contributed by atoms with Crippen LogP contribution in [0.25, 0.3) is 0 Å². The number of para-hydroxylation sites is 1. The zero-order valence-electron chi connectivity index (χ0n) is 15.7. The van der Waals surface area contributed by atoms with Crippen LogP contribution in [0.5, 0.6) is 0 Å². The van der Waals surface area contributed by atoms with Crippen LogP contribution in [-0.4, -0.2) is 46.4 Å². The molecule has 2 rings (SSSR count). The summed E-state index contributed by atoms with van der Waals surface area (Å²) in [5.74, 6) is -0.229. The summed E-state index contributed by atoms with van der Waals surface area (Å²) in [6, 6.07) is 7.13. The number of anilines is 1. The number of rotatable bonds is 6. The van der Waals surface area contributed by atoms with Gasteiger partial charge in [-0.05, 0) is 43.5 Å². The molecule has 1 heterocycles. The molecular formula is C18H22N4O3S2. The van der Waals surface area contributed by atoms with Gasteiger partial charge in [-0.25, -0.2) is 4.98 Å². The fourth-order valence-electron chi connectivity index (χ4n) is 2.27. The third-order valence-corrected chi connectivity index (χ3v) is 5.42. The second-order valence-corrected chi connectivity index (χ2v) is 7.73. The van der Waals surface area contributed by atoms with E-state index in [2.05, 4.69) is 15.3 Å². The lowest BCUT2D eigenvalue weighted by Gasteiger charge is -2.13. The Bertz CT molecular complexity index is 896. The van der Waals surface area contributed by atoms with Gasteiger partial charge in [0.05, 0.1) is 5.69 Å². The standard InChI is InChI=1S/C18H22N4O3S2/c1-11-12(16(24)21-17(19-11)26-4)9-10-15(23)20-13-7-5-6-8-14(13)27-18(25)22(2)3/h5-8H,9-10H2,1-4H3,(H,20,23)(H,19,21,24). The summed E-state index contributed by atoms with van der Waals surface area (Å²) >= 11 is 2.41. The third kappa shape index (κ3) is 5.86. The van der Waals surface area contributed by atoms with Gasteiger partial charge >= 0.3 is 0 Å². The Hall–Kier alpha value is -2.26. The Labute approximate surface area is 166 Å². The number of aromatic amines is 1. The van der Waals surface area contributed by atoms with Gasteiger partial charge in [0.2, 0.25) is 5.91 Å². The quantitative estimate of drug-likeness (QED) is 0.565. The molecule has 0 bridgehead atoms. The largest absolute Gasteiger partial charge is 0.339 e. The number of nitrogens with zero attached hydrogens (tertiary/aromatic N) is 2. The van der Waals surface area contributed by atoms with Crippen LogP contribution in [0, 0.1) is 6.92 Å². The number of thioether (sulfide) groups is 2. The Morgan fingerprint density at radius 2 is 1.96 bits per heavy atom. The van der Waals surface area contributed by atoms with Crippen molar-refractivity contribution in [1.29, 1.82) is 0 Å². The van der Waals surface area contributed by atoms with E-state index in [1.165, 1.54) is 16.7 Å². The summed E-state index contributed by atoms with van der Waals surface area (Å²) in [6.07, 6.45) is 2.27. The maximum Gasteiger partial charge on any atom is 0.286 e. The number of aromatic nitrogens is 2.